The highest BCUT2D eigenvalue weighted by Crippen LogP contribution is 2.23. The smallest absolute Gasteiger partial charge is 0.280 e. The normalized spacial score (nSPS) is 11.4. The summed E-state index contributed by atoms with van der Waals surface area (Å²) in [5.41, 5.74) is 0.687. The molecule has 17 heavy (non-hydrogen) atoms. The third-order valence-corrected chi connectivity index (χ3v) is 2.63. The van der Waals surface area contributed by atoms with E-state index in [1.807, 2.05) is 13.8 Å². The molecule has 0 amide bonds. The highest BCUT2D eigenvalue weighted by Gasteiger charge is 2.19. The van der Waals surface area contributed by atoms with E-state index in [4.69, 9.17) is 0 Å². The second-order valence-corrected chi connectivity index (χ2v) is 4.11. The summed E-state index contributed by atoms with van der Waals surface area (Å²) in [5, 5.41) is 7.18. The van der Waals surface area contributed by atoms with Gasteiger partial charge in [-0.05, 0) is 19.4 Å². The second kappa shape index (κ2) is 7.37. The standard InChI is InChI=1S/C12H21F2N3/c1-3-5-7-17-11(12(13)14)10(9-16-17)8-15-6-4-2/h9,12,15H,3-8H2,1-2H3. The van der Waals surface area contributed by atoms with Crippen molar-refractivity contribution in [2.45, 2.75) is 52.6 Å². The average molecular weight is 245 g/mol. The molecule has 1 aromatic heterocycles. The Bertz CT molecular complexity index is 324. The molecule has 1 rings (SSSR count). The number of rotatable bonds is 8. The monoisotopic (exact) mass is 245 g/mol. The van der Waals surface area contributed by atoms with Crippen molar-refractivity contribution < 1.29 is 8.78 Å². The molecule has 0 aliphatic carbocycles. The molecule has 1 heterocycles. The fraction of sp³-hybridized carbons (Fsp3) is 0.750. The first-order valence-corrected chi connectivity index (χ1v) is 6.24. The Labute approximate surface area is 101 Å². The van der Waals surface area contributed by atoms with Crippen molar-refractivity contribution in [3.05, 3.63) is 17.5 Å². The van der Waals surface area contributed by atoms with E-state index in [0.717, 1.165) is 25.8 Å². The van der Waals surface area contributed by atoms with Crippen molar-refractivity contribution in [1.29, 1.82) is 0 Å². The molecular formula is C12H21F2N3. The number of nitrogens with zero attached hydrogens (tertiary/aromatic N) is 2. The highest BCUT2D eigenvalue weighted by atomic mass is 19.3. The van der Waals surface area contributed by atoms with Gasteiger partial charge in [0.2, 0.25) is 0 Å². The zero-order valence-electron chi connectivity index (χ0n) is 10.5. The fourth-order valence-electron chi connectivity index (χ4n) is 1.71. The number of aromatic nitrogens is 2. The van der Waals surface area contributed by atoms with Crippen LogP contribution in [-0.2, 0) is 13.1 Å². The van der Waals surface area contributed by atoms with Crippen molar-refractivity contribution in [2.75, 3.05) is 6.54 Å². The molecule has 0 saturated carbocycles. The lowest BCUT2D eigenvalue weighted by Crippen LogP contribution is -2.15. The first-order chi connectivity index (χ1) is 8.20. The van der Waals surface area contributed by atoms with Gasteiger partial charge in [0, 0.05) is 18.7 Å². The van der Waals surface area contributed by atoms with Crippen LogP contribution in [0.3, 0.4) is 0 Å². The Morgan fingerprint density at radius 1 is 1.35 bits per heavy atom. The van der Waals surface area contributed by atoms with E-state index < -0.39 is 6.43 Å². The van der Waals surface area contributed by atoms with Crippen LogP contribution in [0.4, 0.5) is 8.78 Å². The summed E-state index contributed by atoms with van der Waals surface area (Å²) in [6.45, 7) is 5.97. The van der Waals surface area contributed by atoms with Crippen LogP contribution in [0, 0.1) is 0 Å². The number of hydrogen-bond acceptors (Lipinski definition) is 2. The van der Waals surface area contributed by atoms with Gasteiger partial charge in [-0.15, -0.1) is 0 Å². The van der Waals surface area contributed by atoms with Crippen LogP contribution >= 0.6 is 0 Å². The largest absolute Gasteiger partial charge is 0.313 e. The molecule has 3 nitrogen and oxygen atoms in total. The molecule has 98 valence electrons. The topological polar surface area (TPSA) is 29.9 Å². The predicted molar refractivity (Wildman–Crippen MR) is 64.1 cm³/mol. The lowest BCUT2D eigenvalue weighted by Gasteiger charge is -2.08. The zero-order valence-corrected chi connectivity index (χ0v) is 10.5. The van der Waals surface area contributed by atoms with Crippen LogP contribution in [0.2, 0.25) is 0 Å². The summed E-state index contributed by atoms with van der Waals surface area (Å²) in [4.78, 5) is 0. The number of aryl methyl sites for hydroxylation is 1. The first-order valence-electron chi connectivity index (χ1n) is 6.24. The number of nitrogens with one attached hydrogen (secondary N) is 1. The van der Waals surface area contributed by atoms with Gasteiger partial charge in [-0.3, -0.25) is 4.68 Å². The van der Waals surface area contributed by atoms with Crippen molar-refractivity contribution >= 4 is 0 Å². The molecule has 0 bridgehead atoms. The highest BCUT2D eigenvalue weighted by molar-refractivity contribution is 5.18. The van der Waals surface area contributed by atoms with Gasteiger partial charge in [0.05, 0.1) is 6.20 Å². The maximum Gasteiger partial charge on any atom is 0.280 e. The van der Waals surface area contributed by atoms with E-state index in [1.165, 1.54) is 4.68 Å². The van der Waals surface area contributed by atoms with Gasteiger partial charge in [0.15, 0.2) is 0 Å². The molecule has 0 saturated heterocycles. The van der Waals surface area contributed by atoms with Gasteiger partial charge in [0.1, 0.15) is 5.69 Å². The summed E-state index contributed by atoms with van der Waals surface area (Å²) >= 11 is 0. The molecule has 0 fully saturated rings. The Morgan fingerprint density at radius 3 is 2.71 bits per heavy atom. The molecule has 0 radical (unpaired) electrons. The average Bonchev–Trinajstić information content (AvgIpc) is 2.70. The van der Waals surface area contributed by atoms with Gasteiger partial charge in [0.25, 0.3) is 6.43 Å². The van der Waals surface area contributed by atoms with Gasteiger partial charge >= 0.3 is 0 Å². The van der Waals surface area contributed by atoms with Crippen LogP contribution in [0.5, 0.6) is 0 Å². The van der Waals surface area contributed by atoms with Crippen LogP contribution < -0.4 is 5.32 Å². The van der Waals surface area contributed by atoms with Crippen LogP contribution in [-0.4, -0.2) is 16.3 Å². The lowest BCUT2D eigenvalue weighted by atomic mass is 10.2. The summed E-state index contributed by atoms with van der Waals surface area (Å²) in [5.74, 6) is 0. The van der Waals surface area contributed by atoms with Gasteiger partial charge in [-0.25, -0.2) is 8.78 Å². The minimum absolute atomic E-state index is 0.0713. The van der Waals surface area contributed by atoms with Gasteiger partial charge in [-0.2, -0.15) is 5.10 Å². The number of hydrogen-bond donors (Lipinski definition) is 1. The quantitative estimate of drug-likeness (QED) is 0.713. The van der Waals surface area contributed by atoms with E-state index in [2.05, 4.69) is 10.4 Å². The lowest BCUT2D eigenvalue weighted by molar-refractivity contribution is 0.137. The molecule has 0 aromatic carbocycles. The molecule has 0 aliphatic heterocycles. The summed E-state index contributed by atoms with van der Waals surface area (Å²) in [7, 11) is 0. The molecule has 0 unspecified atom stereocenters. The molecule has 0 spiro atoms. The van der Waals surface area contributed by atoms with E-state index in [1.54, 1.807) is 6.20 Å². The molecule has 1 N–H and O–H groups in total. The maximum absolute atomic E-state index is 13.0. The maximum atomic E-state index is 13.0. The van der Waals surface area contributed by atoms with Gasteiger partial charge in [-0.1, -0.05) is 20.3 Å². The van der Waals surface area contributed by atoms with E-state index in [0.29, 0.717) is 18.7 Å². The molecule has 1 aromatic rings. The van der Waals surface area contributed by atoms with Crippen molar-refractivity contribution in [3.8, 4) is 0 Å². The summed E-state index contributed by atoms with van der Waals surface area (Å²) in [6.07, 6.45) is 1.95. The molecular weight excluding hydrogens is 224 g/mol. The first kappa shape index (κ1) is 14.1. The van der Waals surface area contributed by atoms with Gasteiger partial charge < -0.3 is 5.32 Å². The second-order valence-electron chi connectivity index (χ2n) is 4.11. The molecule has 5 heteroatoms. The number of alkyl halides is 2. The number of unbranched alkanes of at least 4 members (excludes halogenated alkanes) is 1. The summed E-state index contributed by atoms with van der Waals surface area (Å²) < 4.78 is 27.4. The summed E-state index contributed by atoms with van der Waals surface area (Å²) in [6, 6.07) is 0. The predicted octanol–water partition coefficient (Wildman–Crippen LogP) is 3.12. The Morgan fingerprint density at radius 2 is 2.12 bits per heavy atom. The Hall–Kier alpha value is -0.970. The third-order valence-electron chi connectivity index (χ3n) is 2.63. The number of halogens is 2. The third kappa shape index (κ3) is 4.07. The van der Waals surface area contributed by atoms with E-state index >= 15 is 0 Å². The minimum atomic E-state index is -2.45. The Kier molecular flexibility index (Phi) is 6.11. The van der Waals surface area contributed by atoms with E-state index in [9.17, 15) is 8.78 Å². The Balaban J connectivity index is 2.71. The van der Waals surface area contributed by atoms with Crippen LogP contribution in [0.15, 0.2) is 6.20 Å². The van der Waals surface area contributed by atoms with Crippen molar-refractivity contribution in [1.82, 2.24) is 15.1 Å². The van der Waals surface area contributed by atoms with Crippen molar-refractivity contribution in [2.24, 2.45) is 0 Å². The SMILES string of the molecule is CCCCn1ncc(CNCCC)c1C(F)F. The minimum Gasteiger partial charge on any atom is -0.313 e. The van der Waals surface area contributed by atoms with Crippen molar-refractivity contribution in [3.63, 3.8) is 0 Å². The van der Waals surface area contributed by atoms with Crippen LogP contribution in [0.25, 0.3) is 0 Å². The fourth-order valence-corrected chi connectivity index (χ4v) is 1.71. The molecule has 0 atom stereocenters. The van der Waals surface area contributed by atoms with E-state index in [-0.39, 0.29) is 5.69 Å². The zero-order chi connectivity index (χ0) is 12.7. The molecule has 0 aliphatic rings. The van der Waals surface area contributed by atoms with Crippen LogP contribution in [0.1, 0.15) is 50.8 Å².